The maximum absolute atomic E-state index is 13.4. The minimum absolute atomic E-state index is 0.148. The lowest BCUT2D eigenvalue weighted by atomic mass is 9.97. The Labute approximate surface area is 153 Å². The number of carbonyl (C=O) groups excluding carboxylic acids is 1. The Bertz CT molecular complexity index is 772. The van der Waals surface area contributed by atoms with Gasteiger partial charge in [0.05, 0.1) is 6.20 Å². The molecule has 0 bridgehead atoms. The zero-order chi connectivity index (χ0) is 18.1. The maximum Gasteiger partial charge on any atom is 0.220 e. The van der Waals surface area contributed by atoms with Gasteiger partial charge in [0.25, 0.3) is 0 Å². The normalized spacial score (nSPS) is 26.8. The predicted octanol–water partition coefficient (Wildman–Crippen LogP) is 2.93. The molecule has 2 aliphatic heterocycles. The lowest BCUT2D eigenvalue weighted by Gasteiger charge is -2.32. The first kappa shape index (κ1) is 17.2. The molecule has 0 spiro atoms. The third kappa shape index (κ3) is 3.51. The van der Waals surface area contributed by atoms with Crippen LogP contribution in [0.5, 0.6) is 0 Å². The van der Waals surface area contributed by atoms with E-state index in [1.165, 1.54) is 12.1 Å². The summed E-state index contributed by atoms with van der Waals surface area (Å²) in [4.78, 5) is 14.6. The highest BCUT2D eigenvalue weighted by Crippen LogP contribution is 2.40. The SMILES string of the molecule is Cn1cc(CN2[C@H](c3ccc(F)cc3)C[C@H]3NC(=O)CCCC[C@@H]32)cn1. The topological polar surface area (TPSA) is 50.2 Å². The monoisotopic (exact) mass is 356 g/mol. The Balaban J connectivity index is 1.65. The van der Waals surface area contributed by atoms with Crippen molar-refractivity contribution < 1.29 is 9.18 Å². The lowest BCUT2D eigenvalue weighted by molar-refractivity contribution is -0.122. The number of fused-ring (bicyclic) bond motifs is 1. The van der Waals surface area contributed by atoms with Gasteiger partial charge in [0.1, 0.15) is 5.82 Å². The Hall–Kier alpha value is -2.21. The molecule has 26 heavy (non-hydrogen) atoms. The number of amides is 1. The smallest absolute Gasteiger partial charge is 0.220 e. The molecule has 2 aliphatic rings. The summed E-state index contributed by atoms with van der Waals surface area (Å²) in [5.74, 6) is -0.0642. The number of aryl methyl sites for hydroxylation is 1. The van der Waals surface area contributed by atoms with Gasteiger partial charge < -0.3 is 5.32 Å². The van der Waals surface area contributed by atoms with Crippen LogP contribution in [0, 0.1) is 5.82 Å². The molecule has 1 aromatic heterocycles. The van der Waals surface area contributed by atoms with Crippen LogP contribution in [0.15, 0.2) is 36.7 Å². The summed E-state index contributed by atoms with van der Waals surface area (Å²) in [7, 11) is 1.92. The first-order valence-corrected chi connectivity index (χ1v) is 9.38. The van der Waals surface area contributed by atoms with Crippen molar-refractivity contribution in [3.8, 4) is 0 Å². The van der Waals surface area contributed by atoms with Crippen molar-refractivity contribution in [2.45, 2.75) is 56.8 Å². The summed E-state index contributed by atoms with van der Waals surface area (Å²) in [6.45, 7) is 0.785. The van der Waals surface area contributed by atoms with E-state index in [-0.39, 0.29) is 23.8 Å². The highest BCUT2D eigenvalue weighted by Gasteiger charge is 2.42. The standard InChI is InChI=1S/C20H25FN4O/c1-24-12-14(11-22-24)13-25-18-4-2-3-5-20(26)23-17(18)10-19(25)15-6-8-16(21)9-7-15/h6-9,11-12,17-19H,2-5,10,13H2,1H3,(H,23,26)/t17-,18+,19+/m1/s1. The third-order valence-electron chi connectivity index (χ3n) is 5.65. The molecule has 6 heteroatoms. The molecule has 138 valence electrons. The summed E-state index contributed by atoms with van der Waals surface area (Å²) < 4.78 is 15.2. The number of benzene rings is 1. The molecular formula is C20H25FN4O. The fraction of sp³-hybridized carbons (Fsp3) is 0.500. The number of hydrogen-bond acceptors (Lipinski definition) is 3. The molecule has 2 fully saturated rings. The van der Waals surface area contributed by atoms with Crippen molar-refractivity contribution in [2.24, 2.45) is 7.05 Å². The van der Waals surface area contributed by atoms with Crippen LogP contribution in [0.3, 0.4) is 0 Å². The van der Waals surface area contributed by atoms with E-state index in [9.17, 15) is 9.18 Å². The fourth-order valence-electron chi connectivity index (χ4n) is 4.44. The molecule has 1 amide bonds. The van der Waals surface area contributed by atoms with Crippen molar-refractivity contribution in [1.29, 1.82) is 0 Å². The number of rotatable bonds is 3. The summed E-state index contributed by atoms with van der Waals surface area (Å²) in [5, 5.41) is 7.53. The van der Waals surface area contributed by atoms with E-state index < -0.39 is 0 Å². The number of hydrogen-bond donors (Lipinski definition) is 1. The zero-order valence-electron chi connectivity index (χ0n) is 15.1. The second-order valence-electron chi connectivity index (χ2n) is 7.48. The zero-order valence-corrected chi connectivity index (χ0v) is 15.1. The molecule has 3 heterocycles. The molecule has 1 N–H and O–H groups in total. The molecule has 0 unspecified atom stereocenters. The van der Waals surface area contributed by atoms with Crippen LogP contribution in [0.4, 0.5) is 4.39 Å². The third-order valence-corrected chi connectivity index (χ3v) is 5.65. The van der Waals surface area contributed by atoms with E-state index in [1.807, 2.05) is 36.3 Å². The summed E-state index contributed by atoms with van der Waals surface area (Å²) in [5.41, 5.74) is 2.27. The summed E-state index contributed by atoms with van der Waals surface area (Å²) in [6.07, 6.45) is 8.50. The Morgan fingerprint density at radius 3 is 2.81 bits per heavy atom. The van der Waals surface area contributed by atoms with Gasteiger partial charge in [0.2, 0.25) is 5.91 Å². The molecule has 3 atom stereocenters. The van der Waals surface area contributed by atoms with Crippen LogP contribution in [-0.4, -0.2) is 32.7 Å². The van der Waals surface area contributed by atoms with Crippen molar-refractivity contribution in [1.82, 2.24) is 20.0 Å². The number of nitrogens with one attached hydrogen (secondary N) is 1. The maximum atomic E-state index is 13.4. The van der Waals surface area contributed by atoms with E-state index in [1.54, 1.807) is 0 Å². The Morgan fingerprint density at radius 2 is 2.08 bits per heavy atom. The van der Waals surface area contributed by atoms with Crippen LogP contribution in [0.25, 0.3) is 0 Å². The lowest BCUT2D eigenvalue weighted by Crippen LogP contribution is -2.45. The quantitative estimate of drug-likeness (QED) is 0.920. The van der Waals surface area contributed by atoms with Gasteiger partial charge >= 0.3 is 0 Å². The van der Waals surface area contributed by atoms with Crippen LogP contribution in [0.2, 0.25) is 0 Å². The number of halogens is 1. The van der Waals surface area contributed by atoms with Gasteiger partial charge in [0, 0.05) is 49.9 Å². The van der Waals surface area contributed by atoms with Crippen molar-refractivity contribution in [3.05, 3.63) is 53.6 Å². The molecular weight excluding hydrogens is 331 g/mol. The van der Waals surface area contributed by atoms with E-state index in [0.29, 0.717) is 12.5 Å². The molecule has 2 aromatic rings. The predicted molar refractivity (Wildman–Crippen MR) is 96.7 cm³/mol. The minimum atomic E-state index is -0.218. The Kier molecular flexibility index (Phi) is 4.76. The Morgan fingerprint density at radius 1 is 1.27 bits per heavy atom. The minimum Gasteiger partial charge on any atom is -0.352 e. The van der Waals surface area contributed by atoms with Gasteiger partial charge in [-0.05, 0) is 37.0 Å². The van der Waals surface area contributed by atoms with E-state index in [2.05, 4.69) is 15.3 Å². The average molecular weight is 356 g/mol. The van der Waals surface area contributed by atoms with Crippen molar-refractivity contribution in [2.75, 3.05) is 0 Å². The van der Waals surface area contributed by atoms with Crippen LogP contribution >= 0.6 is 0 Å². The first-order valence-electron chi connectivity index (χ1n) is 9.38. The average Bonchev–Trinajstić information content (AvgIpc) is 3.15. The van der Waals surface area contributed by atoms with E-state index in [4.69, 9.17) is 0 Å². The number of carbonyl (C=O) groups is 1. The first-order chi connectivity index (χ1) is 12.6. The van der Waals surface area contributed by atoms with Gasteiger partial charge in [-0.25, -0.2) is 4.39 Å². The number of aromatic nitrogens is 2. The largest absolute Gasteiger partial charge is 0.352 e. The van der Waals surface area contributed by atoms with Crippen molar-refractivity contribution in [3.63, 3.8) is 0 Å². The molecule has 5 nitrogen and oxygen atoms in total. The van der Waals surface area contributed by atoms with Crippen LogP contribution in [-0.2, 0) is 18.4 Å². The van der Waals surface area contributed by atoms with E-state index >= 15 is 0 Å². The van der Waals surface area contributed by atoms with Crippen LogP contribution in [0.1, 0.15) is 49.3 Å². The van der Waals surface area contributed by atoms with Gasteiger partial charge in [0.15, 0.2) is 0 Å². The number of nitrogens with zero attached hydrogens (tertiary/aromatic N) is 3. The summed E-state index contributed by atoms with van der Waals surface area (Å²) >= 11 is 0. The van der Waals surface area contributed by atoms with Crippen LogP contribution < -0.4 is 5.32 Å². The van der Waals surface area contributed by atoms with Crippen molar-refractivity contribution >= 4 is 5.91 Å². The van der Waals surface area contributed by atoms with Gasteiger partial charge in [-0.1, -0.05) is 18.6 Å². The van der Waals surface area contributed by atoms with Gasteiger partial charge in [-0.2, -0.15) is 5.10 Å². The molecule has 2 saturated heterocycles. The second kappa shape index (κ2) is 7.19. The summed E-state index contributed by atoms with van der Waals surface area (Å²) in [6, 6.07) is 7.41. The van der Waals surface area contributed by atoms with Gasteiger partial charge in [-0.15, -0.1) is 0 Å². The highest BCUT2D eigenvalue weighted by molar-refractivity contribution is 5.76. The highest BCUT2D eigenvalue weighted by atomic mass is 19.1. The van der Waals surface area contributed by atoms with Gasteiger partial charge in [-0.3, -0.25) is 14.4 Å². The molecule has 0 radical (unpaired) electrons. The van der Waals surface area contributed by atoms with E-state index in [0.717, 1.165) is 43.4 Å². The molecule has 1 aromatic carbocycles. The second-order valence-corrected chi connectivity index (χ2v) is 7.48. The molecule has 0 saturated carbocycles. The molecule has 0 aliphatic carbocycles. The molecule has 4 rings (SSSR count). The fourth-order valence-corrected chi connectivity index (χ4v) is 4.44. The number of likely N-dealkylation sites (tertiary alicyclic amines) is 1.